The molecule has 0 spiro atoms. The van der Waals surface area contributed by atoms with Crippen molar-refractivity contribution < 1.29 is 9.90 Å². The second-order valence-corrected chi connectivity index (χ2v) is 4.79. The van der Waals surface area contributed by atoms with Crippen molar-refractivity contribution in [1.82, 2.24) is 19.1 Å². The molecule has 1 N–H and O–H groups in total. The zero-order chi connectivity index (χ0) is 13.2. The Morgan fingerprint density at radius 1 is 1.37 bits per heavy atom. The first-order valence-electron chi connectivity index (χ1n) is 5.70. The minimum atomic E-state index is -0.828. The maximum absolute atomic E-state index is 10.8. The Morgan fingerprint density at radius 2 is 2.21 bits per heavy atom. The van der Waals surface area contributed by atoms with Gasteiger partial charge in [0.1, 0.15) is 4.88 Å². The number of aromatic nitrogens is 4. The first-order chi connectivity index (χ1) is 9.25. The summed E-state index contributed by atoms with van der Waals surface area (Å²) in [6.45, 7) is 0.378. The average Bonchev–Trinajstić information content (AvgIpc) is 3.03. The molecule has 0 atom stereocenters. The number of hydrogen-bond donors (Lipinski definition) is 1. The van der Waals surface area contributed by atoms with Gasteiger partial charge in [-0.2, -0.15) is 0 Å². The molecule has 0 saturated carbocycles. The number of fused-ring (bicyclic) bond motifs is 1. The highest BCUT2D eigenvalue weighted by atomic mass is 32.1. The molecule has 7 heteroatoms. The number of carboxylic acid groups (broad SMARTS) is 1. The van der Waals surface area contributed by atoms with Crippen molar-refractivity contribution in [2.45, 2.75) is 13.0 Å². The van der Waals surface area contributed by atoms with Crippen molar-refractivity contribution in [2.24, 2.45) is 0 Å². The van der Waals surface area contributed by atoms with Crippen LogP contribution in [0.15, 0.2) is 30.5 Å². The summed E-state index contributed by atoms with van der Waals surface area (Å²) in [6.07, 6.45) is 1.70. The number of aryl methyl sites for hydroxylation is 1. The highest BCUT2D eigenvalue weighted by Crippen LogP contribution is 2.26. The van der Waals surface area contributed by atoms with Crippen LogP contribution in [0.5, 0.6) is 0 Å². The molecule has 0 bridgehead atoms. The number of hydrogen-bond acceptors (Lipinski definition) is 5. The number of carboxylic acids is 1. The summed E-state index contributed by atoms with van der Waals surface area (Å²) in [7, 11) is 0. The van der Waals surface area contributed by atoms with E-state index in [2.05, 4.69) is 14.6 Å². The number of carbonyl (C=O) groups is 1. The van der Waals surface area contributed by atoms with Crippen LogP contribution in [0.4, 0.5) is 0 Å². The average molecular weight is 274 g/mol. The Hall–Kier alpha value is -2.28. The number of benzene rings is 1. The summed E-state index contributed by atoms with van der Waals surface area (Å²) in [6, 6.07) is 7.66. The van der Waals surface area contributed by atoms with E-state index in [0.29, 0.717) is 6.54 Å². The van der Waals surface area contributed by atoms with Crippen LogP contribution >= 0.6 is 11.5 Å². The molecule has 96 valence electrons. The maximum Gasteiger partial charge on any atom is 0.305 e. The molecule has 3 aromatic rings. The van der Waals surface area contributed by atoms with Crippen molar-refractivity contribution in [3.63, 3.8) is 0 Å². The van der Waals surface area contributed by atoms with Crippen LogP contribution in [-0.2, 0) is 11.3 Å². The number of rotatable bonds is 4. The van der Waals surface area contributed by atoms with Gasteiger partial charge in [-0.25, -0.2) is 4.98 Å². The molecule has 0 aliphatic carbocycles. The molecule has 2 heterocycles. The molecular weight excluding hydrogens is 264 g/mol. The van der Waals surface area contributed by atoms with E-state index in [0.717, 1.165) is 21.7 Å². The van der Waals surface area contributed by atoms with Gasteiger partial charge in [0.05, 0.1) is 23.7 Å². The zero-order valence-corrected chi connectivity index (χ0v) is 10.7. The predicted octanol–water partition coefficient (Wildman–Crippen LogP) is 2.03. The Labute approximate surface area is 112 Å². The molecule has 0 aliphatic heterocycles. The van der Waals surface area contributed by atoms with Crippen LogP contribution in [0.1, 0.15) is 6.42 Å². The lowest BCUT2D eigenvalue weighted by molar-refractivity contribution is -0.137. The maximum atomic E-state index is 10.8. The molecule has 6 nitrogen and oxygen atoms in total. The van der Waals surface area contributed by atoms with Gasteiger partial charge in [-0.3, -0.25) is 4.79 Å². The molecule has 0 unspecified atom stereocenters. The van der Waals surface area contributed by atoms with Crippen LogP contribution in [-0.4, -0.2) is 30.2 Å². The van der Waals surface area contributed by atoms with Gasteiger partial charge in [0.2, 0.25) is 0 Å². The molecule has 0 saturated heterocycles. The molecule has 0 amide bonds. The summed E-state index contributed by atoms with van der Waals surface area (Å²) >= 11 is 1.25. The number of nitrogens with zero attached hydrogens (tertiary/aromatic N) is 4. The summed E-state index contributed by atoms with van der Waals surface area (Å²) in [5, 5.41) is 12.7. The lowest BCUT2D eigenvalue weighted by Crippen LogP contribution is -2.05. The van der Waals surface area contributed by atoms with E-state index in [9.17, 15) is 4.79 Å². The van der Waals surface area contributed by atoms with Crippen molar-refractivity contribution in [3.05, 3.63) is 30.5 Å². The van der Waals surface area contributed by atoms with Crippen LogP contribution < -0.4 is 0 Å². The zero-order valence-electron chi connectivity index (χ0n) is 9.85. The Morgan fingerprint density at radius 3 is 2.95 bits per heavy atom. The summed E-state index contributed by atoms with van der Waals surface area (Å²) in [5.74, 6) is -0.108. The fourth-order valence-electron chi connectivity index (χ4n) is 1.96. The summed E-state index contributed by atoms with van der Waals surface area (Å²) < 4.78 is 5.73. The van der Waals surface area contributed by atoms with E-state index in [1.54, 1.807) is 6.20 Å². The van der Waals surface area contributed by atoms with Gasteiger partial charge in [0.15, 0.2) is 5.82 Å². The van der Waals surface area contributed by atoms with Gasteiger partial charge in [0, 0.05) is 6.54 Å². The van der Waals surface area contributed by atoms with Crippen LogP contribution in [0.25, 0.3) is 21.7 Å². The second kappa shape index (κ2) is 4.77. The lowest BCUT2D eigenvalue weighted by atomic mass is 10.3. The molecule has 3 rings (SSSR count). The monoisotopic (exact) mass is 274 g/mol. The van der Waals surface area contributed by atoms with Gasteiger partial charge in [-0.15, -0.1) is 5.10 Å². The first-order valence-corrected chi connectivity index (χ1v) is 6.48. The number of aliphatic carboxylic acids is 1. The molecule has 19 heavy (non-hydrogen) atoms. The lowest BCUT2D eigenvalue weighted by Gasteiger charge is -2.05. The van der Waals surface area contributed by atoms with E-state index in [1.165, 1.54) is 11.5 Å². The predicted molar refractivity (Wildman–Crippen MR) is 70.9 cm³/mol. The van der Waals surface area contributed by atoms with Crippen molar-refractivity contribution in [1.29, 1.82) is 0 Å². The third kappa shape index (κ3) is 2.19. The Bertz CT molecular complexity index is 720. The van der Waals surface area contributed by atoms with E-state index in [1.807, 2.05) is 28.8 Å². The fraction of sp³-hybridized carbons (Fsp3) is 0.167. The van der Waals surface area contributed by atoms with Crippen molar-refractivity contribution >= 4 is 28.5 Å². The van der Waals surface area contributed by atoms with Crippen LogP contribution in [0.3, 0.4) is 0 Å². The van der Waals surface area contributed by atoms with Crippen molar-refractivity contribution in [3.8, 4) is 10.7 Å². The first kappa shape index (κ1) is 11.8. The molecule has 0 aliphatic rings. The minimum absolute atomic E-state index is 0.0551. The highest BCUT2D eigenvalue weighted by Gasteiger charge is 2.14. The second-order valence-electron chi connectivity index (χ2n) is 4.00. The topological polar surface area (TPSA) is 80.9 Å². The summed E-state index contributed by atoms with van der Waals surface area (Å²) in [4.78, 5) is 16.1. The smallest absolute Gasteiger partial charge is 0.305 e. The third-order valence-electron chi connectivity index (χ3n) is 2.79. The van der Waals surface area contributed by atoms with Gasteiger partial charge < -0.3 is 9.67 Å². The Kier molecular flexibility index (Phi) is 2.96. The molecule has 2 aromatic heterocycles. The van der Waals surface area contributed by atoms with Gasteiger partial charge in [-0.05, 0) is 23.7 Å². The largest absolute Gasteiger partial charge is 0.481 e. The SMILES string of the molecule is O=C(O)CCn1c(-c2cnns2)nc2ccccc21. The third-order valence-corrected chi connectivity index (χ3v) is 3.45. The Balaban J connectivity index is 2.14. The van der Waals surface area contributed by atoms with E-state index >= 15 is 0 Å². The molecular formula is C12H10N4O2S. The standard InChI is InChI=1S/C12H10N4O2S/c17-11(18)5-6-16-9-4-2-1-3-8(9)14-12(16)10-7-13-15-19-10/h1-4,7H,5-6H2,(H,17,18). The van der Waals surface area contributed by atoms with Gasteiger partial charge >= 0.3 is 5.97 Å². The molecule has 0 radical (unpaired) electrons. The van der Waals surface area contributed by atoms with Gasteiger partial charge in [0.25, 0.3) is 0 Å². The van der Waals surface area contributed by atoms with E-state index < -0.39 is 5.97 Å². The van der Waals surface area contributed by atoms with Crippen LogP contribution in [0.2, 0.25) is 0 Å². The normalized spacial score (nSPS) is 10.9. The van der Waals surface area contributed by atoms with E-state index in [-0.39, 0.29) is 6.42 Å². The number of para-hydroxylation sites is 2. The van der Waals surface area contributed by atoms with Crippen LogP contribution in [0, 0.1) is 0 Å². The van der Waals surface area contributed by atoms with Crippen molar-refractivity contribution in [2.75, 3.05) is 0 Å². The van der Waals surface area contributed by atoms with E-state index in [4.69, 9.17) is 5.11 Å². The number of imidazole rings is 1. The highest BCUT2D eigenvalue weighted by molar-refractivity contribution is 7.09. The fourth-order valence-corrected chi connectivity index (χ4v) is 2.48. The minimum Gasteiger partial charge on any atom is -0.481 e. The van der Waals surface area contributed by atoms with Gasteiger partial charge in [-0.1, -0.05) is 16.6 Å². The molecule has 1 aromatic carbocycles. The molecule has 0 fully saturated rings. The summed E-state index contributed by atoms with van der Waals surface area (Å²) in [5.41, 5.74) is 1.77. The quantitative estimate of drug-likeness (QED) is 0.787.